The zero-order valence-electron chi connectivity index (χ0n) is 17.7. The molecule has 0 atom stereocenters. The zero-order valence-corrected chi connectivity index (χ0v) is 18.5. The molecule has 154 valence electrons. The van der Waals surface area contributed by atoms with E-state index in [-0.39, 0.29) is 12.4 Å². The predicted molar refractivity (Wildman–Crippen MR) is 110 cm³/mol. The Bertz CT molecular complexity index is 389. The van der Waals surface area contributed by atoms with Crippen molar-refractivity contribution in [1.82, 2.24) is 4.57 Å². The van der Waals surface area contributed by atoms with Gasteiger partial charge in [-0.25, -0.2) is 9.13 Å². The maximum atomic E-state index is 2.38. The summed E-state index contributed by atoms with van der Waals surface area (Å²) in [6.07, 6.45) is 29.3. The van der Waals surface area contributed by atoms with Gasteiger partial charge in [-0.2, -0.15) is 0 Å². The Morgan fingerprint density at radius 3 is 1.62 bits per heavy atom. The number of hydrogen-bond acceptors (Lipinski definition) is 0. The summed E-state index contributed by atoms with van der Waals surface area (Å²) in [5.41, 5.74) is 0. The Kier molecular flexibility index (Phi) is 18.9. The van der Waals surface area contributed by atoms with Gasteiger partial charge in [0.05, 0.1) is 13.1 Å². The lowest BCUT2D eigenvalue weighted by molar-refractivity contribution is -0.696. The van der Waals surface area contributed by atoms with Gasteiger partial charge in [-0.05, 0) is 25.7 Å². The van der Waals surface area contributed by atoms with E-state index in [0.29, 0.717) is 0 Å². The summed E-state index contributed by atoms with van der Waals surface area (Å²) >= 11 is 0. The summed E-state index contributed by atoms with van der Waals surface area (Å²) in [6, 6.07) is 0. The van der Waals surface area contributed by atoms with E-state index < -0.39 is 0 Å². The fourth-order valence-electron chi connectivity index (χ4n) is 3.56. The largest absolute Gasteiger partial charge is 1.00 e. The zero-order chi connectivity index (χ0) is 18.0. The third-order valence-corrected chi connectivity index (χ3v) is 5.29. The van der Waals surface area contributed by atoms with Gasteiger partial charge in [0.1, 0.15) is 12.4 Å². The van der Waals surface area contributed by atoms with Crippen molar-refractivity contribution >= 4 is 0 Å². The molecule has 0 unspecified atom stereocenters. The first-order valence-corrected chi connectivity index (χ1v) is 11.4. The van der Waals surface area contributed by atoms with Gasteiger partial charge in [-0.1, -0.05) is 90.9 Å². The maximum Gasteiger partial charge on any atom is 0.243 e. The Labute approximate surface area is 170 Å². The SMILES string of the molecule is CCCCCCCCCCCC[n+]1ccn(CCCCCCCC)c1.[Cl-]. The molecule has 0 spiro atoms. The minimum absolute atomic E-state index is 0. The second-order valence-corrected chi connectivity index (χ2v) is 7.84. The van der Waals surface area contributed by atoms with Crippen molar-refractivity contribution in [2.75, 3.05) is 0 Å². The third kappa shape index (κ3) is 14.6. The van der Waals surface area contributed by atoms with Crippen molar-refractivity contribution in [3.05, 3.63) is 18.7 Å². The Hall–Kier alpha value is -0.500. The van der Waals surface area contributed by atoms with Crippen LogP contribution in [-0.2, 0) is 13.1 Å². The van der Waals surface area contributed by atoms with Crippen LogP contribution in [0.4, 0.5) is 0 Å². The highest BCUT2D eigenvalue weighted by molar-refractivity contribution is 4.66. The molecule has 0 bridgehead atoms. The minimum Gasteiger partial charge on any atom is -1.00 e. The van der Waals surface area contributed by atoms with E-state index in [1.165, 1.54) is 116 Å². The van der Waals surface area contributed by atoms with Crippen LogP contribution in [0.3, 0.4) is 0 Å². The van der Waals surface area contributed by atoms with E-state index >= 15 is 0 Å². The molecule has 0 saturated heterocycles. The summed E-state index contributed by atoms with van der Waals surface area (Å²) in [4.78, 5) is 0. The van der Waals surface area contributed by atoms with Crippen LogP contribution in [-0.4, -0.2) is 4.57 Å². The van der Waals surface area contributed by atoms with Gasteiger partial charge in [-0.15, -0.1) is 0 Å². The molecule has 1 rings (SSSR count). The van der Waals surface area contributed by atoms with Gasteiger partial charge in [0.15, 0.2) is 0 Å². The number of aromatic nitrogens is 2. The van der Waals surface area contributed by atoms with Gasteiger partial charge in [0.2, 0.25) is 6.33 Å². The molecule has 0 aromatic carbocycles. The Morgan fingerprint density at radius 1 is 0.615 bits per heavy atom. The molecule has 1 heterocycles. The van der Waals surface area contributed by atoms with Gasteiger partial charge in [-0.3, -0.25) is 0 Å². The van der Waals surface area contributed by atoms with Gasteiger partial charge in [0, 0.05) is 0 Å². The molecular formula is C23H45ClN2. The van der Waals surface area contributed by atoms with E-state index in [0.717, 1.165) is 0 Å². The quantitative estimate of drug-likeness (QED) is 0.266. The number of halogens is 1. The monoisotopic (exact) mass is 384 g/mol. The van der Waals surface area contributed by atoms with Gasteiger partial charge >= 0.3 is 0 Å². The summed E-state index contributed by atoms with van der Waals surface area (Å²) in [7, 11) is 0. The van der Waals surface area contributed by atoms with Crippen molar-refractivity contribution in [2.24, 2.45) is 0 Å². The third-order valence-electron chi connectivity index (χ3n) is 5.29. The van der Waals surface area contributed by atoms with Crippen LogP contribution in [0, 0.1) is 0 Å². The molecule has 0 aliphatic rings. The molecule has 0 saturated carbocycles. The van der Waals surface area contributed by atoms with Crippen LogP contribution in [0.15, 0.2) is 18.7 Å². The molecule has 0 radical (unpaired) electrons. The first-order valence-electron chi connectivity index (χ1n) is 11.4. The summed E-state index contributed by atoms with van der Waals surface area (Å²) in [5.74, 6) is 0. The van der Waals surface area contributed by atoms with Crippen molar-refractivity contribution in [3.63, 3.8) is 0 Å². The average Bonchev–Trinajstić information content (AvgIpc) is 3.07. The Morgan fingerprint density at radius 2 is 1.08 bits per heavy atom. The van der Waals surface area contributed by atoms with Gasteiger partial charge < -0.3 is 12.4 Å². The van der Waals surface area contributed by atoms with E-state index in [4.69, 9.17) is 0 Å². The van der Waals surface area contributed by atoms with Crippen LogP contribution in [0.1, 0.15) is 117 Å². The van der Waals surface area contributed by atoms with E-state index in [9.17, 15) is 0 Å². The second kappa shape index (κ2) is 19.3. The highest BCUT2D eigenvalue weighted by Crippen LogP contribution is 2.10. The number of unbranched alkanes of at least 4 members (excludes halogenated alkanes) is 14. The molecule has 2 nitrogen and oxygen atoms in total. The molecule has 1 aromatic rings. The molecule has 0 aliphatic heterocycles. The fourth-order valence-corrected chi connectivity index (χ4v) is 3.56. The molecule has 0 fully saturated rings. The normalized spacial score (nSPS) is 10.8. The minimum atomic E-state index is 0. The van der Waals surface area contributed by atoms with Crippen molar-refractivity contribution in [2.45, 2.75) is 130 Å². The van der Waals surface area contributed by atoms with Crippen LogP contribution in [0.25, 0.3) is 0 Å². The first kappa shape index (κ1) is 25.5. The van der Waals surface area contributed by atoms with E-state index in [1.807, 2.05) is 0 Å². The summed E-state index contributed by atoms with van der Waals surface area (Å²) in [5, 5.41) is 0. The number of imidazole rings is 1. The summed E-state index contributed by atoms with van der Waals surface area (Å²) in [6.45, 7) is 6.96. The molecule has 1 aromatic heterocycles. The number of hydrogen-bond donors (Lipinski definition) is 0. The predicted octanol–water partition coefficient (Wildman–Crippen LogP) is 4.06. The number of nitrogens with zero attached hydrogens (tertiary/aromatic N) is 2. The molecule has 0 amide bonds. The lowest BCUT2D eigenvalue weighted by Gasteiger charge is -2.01. The second-order valence-electron chi connectivity index (χ2n) is 7.84. The van der Waals surface area contributed by atoms with Crippen LogP contribution in [0.2, 0.25) is 0 Å². The molecular weight excluding hydrogens is 340 g/mol. The molecule has 26 heavy (non-hydrogen) atoms. The number of aryl methyl sites for hydroxylation is 2. The number of rotatable bonds is 18. The van der Waals surface area contributed by atoms with Crippen molar-refractivity contribution < 1.29 is 17.0 Å². The average molecular weight is 385 g/mol. The molecule has 0 aliphatic carbocycles. The lowest BCUT2D eigenvalue weighted by atomic mass is 10.1. The highest BCUT2D eigenvalue weighted by Gasteiger charge is 2.03. The maximum absolute atomic E-state index is 2.38. The topological polar surface area (TPSA) is 8.81 Å². The van der Waals surface area contributed by atoms with Crippen LogP contribution >= 0.6 is 0 Å². The van der Waals surface area contributed by atoms with Crippen molar-refractivity contribution in [3.8, 4) is 0 Å². The molecule has 3 heteroatoms. The van der Waals surface area contributed by atoms with Crippen LogP contribution < -0.4 is 17.0 Å². The Balaban J connectivity index is 0.00000625. The van der Waals surface area contributed by atoms with E-state index in [1.54, 1.807) is 0 Å². The first-order chi connectivity index (χ1) is 12.4. The van der Waals surface area contributed by atoms with E-state index in [2.05, 4.69) is 41.7 Å². The smallest absolute Gasteiger partial charge is 0.243 e. The fraction of sp³-hybridized carbons (Fsp3) is 0.870. The van der Waals surface area contributed by atoms with Gasteiger partial charge in [0.25, 0.3) is 0 Å². The highest BCUT2D eigenvalue weighted by atomic mass is 35.5. The molecule has 0 N–H and O–H groups in total. The lowest BCUT2D eigenvalue weighted by Crippen LogP contribution is -3.00. The van der Waals surface area contributed by atoms with Crippen LogP contribution in [0.5, 0.6) is 0 Å². The van der Waals surface area contributed by atoms with Crippen molar-refractivity contribution in [1.29, 1.82) is 0 Å². The standard InChI is InChI=1S/C23H45N2.ClH/c1-3-5-7-9-11-12-13-14-16-18-20-25-22-21-24(23-25)19-17-15-10-8-6-4-2;/h21-23H,3-20H2,1-2H3;1H/q+1;/p-1. The summed E-state index contributed by atoms with van der Waals surface area (Å²) < 4.78 is 4.75.